The van der Waals surface area contributed by atoms with Crippen molar-refractivity contribution in [2.24, 2.45) is 5.92 Å². The Labute approximate surface area is 289 Å². The van der Waals surface area contributed by atoms with Crippen LogP contribution in [0.4, 0.5) is 5.69 Å². The molecule has 1 saturated heterocycles. The van der Waals surface area contributed by atoms with Crippen molar-refractivity contribution < 1.29 is 23.9 Å². The molecule has 0 radical (unpaired) electrons. The normalized spacial score (nSPS) is 16.0. The monoisotopic (exact) mass is 694 g/mol. The zero-order valence-corrected chi connectivity index (χ0v) is 28.8. The molecule has 1 aliphatic heterocycles. The molecular formula is C35H40Cl2N6O5. The maximum absolute atomic E-state index is 13.1. The van der Waals surface area contributed by atoms with E-state index >= 15 is 0 Å². The van der Waals surface area contributed by atoms with Gasteiger partial charge in [-0.25, -0.2) is 0 Å². The Balaban J connectivity index is 1.19. The van der Waals surface area contributed by atoms with Crippen molar-refractivity contribution in [3.05, 3.63) is 76.0 Å². The van der Waals surface area contributed by atoms with E-state index in [0.717, 1.165) is 30.5 Å². The van der Waals surface area contributed by atoms with E-state index in [0.29, 0.717) is 59.0 Å². The Morgan fingerprint density at radius 3 is 2.60 bits per heavy atom. The molecule has 0 saturated carbocycles. The van der Waals surface area contributed by atoms with Crippen molar-refractivity contribution >= 4 is 57.5 Å². The smallest absolute Gasteiger partial charge is 0.297 e. The molecule has 2 aromatic carbocycles. The minimum atomic E-state index is -0.234. The standard InChI is InChI=1S/C35H40Cl2N6O5/c1-38-34(46)27-15-11-22(19-40-27)10-12-24(44)13-17-31(45)42(2)28-16-14-26(36)25(32(28)37)21-48-30-9-6-8-29-33(30)41-35(47-3)43(29)20-23-7-4-5-18-39-23/h4-9,14,16,18,22,27,40H,10-13,15,17,19-21H2,1-3H3,(H,38,46)/t22-,27+/m0/s1. The molecule has 3 heterocycles. The van der Waals surface area contributed by atoms with E-state index in [2.05, 4.69) is 20.6 Å². The van der Waals surface area contributed by atoms with E-state index in [-0.39, 0.29) is 48.1 Å². The highest BCUT2D eigenvalue weighted by molar-refractivity contribution is 6.38. The maximum atomic E-state index is 13.1. The predicted octanol–water partition coefficient (Wildman–Crippen LogP) is 5.58. The highest BCUT2D eigenvalue weighted by Crippen LogP contribution is 2.36. The summed E-state index contributed by atoms with van der Waals surface area (Å²) in [7, 11) is 4.82. The molecule has 2 atom stereocenters. The summed E-state index contributed by atoms with van der Waals surface area (Å²) in [4.78, 5) is 48.1. The molecule has 48 heavy (non-hydrogen) atoms. The number of anilines is 1. The minimum Gasteiger partial charge on any atom is -0.486 e. The SMILES string of the molecule is CNC(=O)[C@H]1CC[C@H](CCC(=O)CCC(=O)N(C)c2ccc(Cl)c(COc3cccc4c3nc(OC)n4Cc3ccccn3)c2Cl)CN1. The third-order valence-electron chi connectivity index (χ3n) is 8.74. The molecule has 11 nitrogen and oxygen atoms in total. The first-order chi connectivity index (χ1) is 23.2. The number of carbonyl (C=O) groups excluding carboxylic acids is 3. The summed E-state index contributed by atoms with van der Waals surface area (Å²) in [5, 5.41) is 6.60. The topological polar surface area (TPSA) is 128 Å². The van der Waals surface area contributed by atoms with Gasteiger partial charge in [0.15, 0.2) is 0 Å². The zero-order valence-electron chi connectivity index (χ0n) is 27.3. The van der Waals surface area contributed by atoms with Crippen LogP contribution >= 0.6 is 23.2 Å². The molecule has 1 aliphatic rings. The molecule has 0 aliphatic carbocycles. The molecule has 0 unspecified atom stereocenters. The molecule has 2 aromatic heterocycles. The largest absolute Gasteiger partial charge is 0.486 e. The van der Waals surface area contributed by atoms with Crippen LogP contribution in [0.25, 0.3) is 11.0 Å². The molecule has 1 fully saturated rings. The average Bonchev–Trinajstić information content (AvgIpc) is 3.47. The lowest BCUT2D eigenvalue weighted by Crippen LogP contribution is -2.48. The molecule has 5 rings (SSSR count). The van der Waals surface area contributed by atoms with Gasteiger partial charge in [0.1, 0.15) is 23.7 Å². The number of rotatable bonds is 14. The predicted molar refractivity (Wildman–Crippen MR) is 186 cm³/mol. The summed E-state index contributed by atoms with van der Waals surface area (Å²) < 4.78 is 13.7. The average molecular weight is 696 g/mol. The number of piperidine rings is 1. The minimum absolute atomic E-state index is 0.00735. The second-order valence-electron chi connectivity index (χ2n) is 11.8. The lowest BCUT2D eigenvalue weighted by atomic mass is 9.89. The quantitative estimate of drug-likeness (QED) is 0.175. The van der Waals surface area contributed by atoms with Crippen molar-refractivity contribution in [2.75, 3.05) is 32.6 Å². The van der Waals surface area contributed by atoms with Crippen LogP contribution in [0.2, 0.25) is 10.0 Å². The zero-order chi connectivity index (χ0) is 34.2. The number of imidazole rings is 1. The number of carbonyl (C=O) groups is 3. The van der Waals surface area contributed by atoms with Crippen molar-refractivity contribution in [2.45, 2.75) is 57.7 Å². The van der Waals surface area contributed by atoms with E-state index in [9.17, 15) is 14.4 Å². The molecule has 2 N–H and O–H groups in total. The summed E-state index contributed by atoms with van der Waals surface area (Å²) in [6, 6.07) is 14.9. The third-order valence-corrected chi connectivity index (χ3v) is 9.51. The van der Waals surface area contributed by atoms with Crippen LogP contribution in [0.1, 0.15) is 49.8 Å². The molecule has 0 bridgehead atoms. The first kappa shape index (κ1) is 35.1. The van der Waals surface area contributed by atoms with Gasteiger partial charge >= 0.3 is 0 Å². The maximum Gasteiger partial charge on any atom is 0.297 e. The van der Waals surface area contributed by atoms with Crippen molar-refractivity contribution in [3.8, 4) is 11.8 Å². The van der Waals surface area contributed by atoms with Crippen LogP contribution in [-0.4, -0.2) is 65.9 Å². The van der Waals surface area contributed by atoms with Crippen LogP contribution in [-0.2, 0) is 27.5 Å². The van der Waals surface area contributed by atoms with Gasteiger partial charge in [-0.15, -0.1) is 0 Å². The second kappa shape index (κ2) is 16.3. The number of hydrogen-bond donors (Lipinski definition) is 2. The summed E-state index contributed by atoms with van der Waals surface area (Å²) >= 11 is 13.4. The fourth-order valence-corrected chi connectivity index (χ4v) is 6.51. The highest BCUT2D eigenvalue weighted by atomic mass is 35.5. The Morgan fingerprint density at radius 2 is 1.90 bits per heavy atom. The number of methoxy groups -OCH3 is 1. The number of hydrogen-bond acceptors (Lipinski definition) is 8. The van der Waals surface area contributed by atoms with Crippen molar-refractivity contribution in [1.82, 2.24) is 25.2 Å². The molecule has 4 aromatic rings. The molecule has 13 heteroatoms. The highest BCUT2D eigenvalue weighted by Gasteiger charge is 2.26. The number of nitrogens with one attached hydrogen (secondary N) is 2. The van der Waals surface area contributed by atoms with E-state index < -0.39 is 0 Å². The van der Waals surface area contributed by atoms with Gasteiger partial charge in [-0.3, -0.25) is 23.9 Å². The van der Waals surface area contributed by atoms with E-state index in [1.165, 1.54) is 4.90 Å². The number of likely N-dealkylation sites (N-methyl/N-ethyl adjacent to an activating group) is 1. The number of pyridine rings is 1. The molecular weight excluding hydrogens is 655 g/mol. The number of nitrogens with zero attached hydrogens (tertiary/aromatic N) is 4. The number of ether oxygens (including phenoxy) is 2. The van der Waals surface area contributed by atoms with Gasteiger partial charge in [0.25, 0.3) is 6.01 Å². The number of aromatic nitrogens is 3. The van der Waals surface area contributed by atoms with Gasteiger partial charge in [0.05, 0.1) is 41.6 Å². The Kier molecular flexibility index (Phi) is 11.9. The van der Waals surface area contributed by atoms with Gasteiger partial charge in [0, 0.05) is 50.1 Å². The van der Waals surface area contributed by atoms with Gasteiger partial charge in [0.2, 0.25) is 11.8 Å². The number of Topliss-reactive ketones (excluding diaryl/α,β-unsaturated/α-hetero) is 1. The number of fused-ring (bicyclic) bond motifs is 1. The van der Waals surface area contributed by atoms with Gasteiger partial charge < -0.3 is 25.0 Å². The second-order valence-corrected chi connectivity index (χ2v) is 12.6. The third kappa shape index (κ3) is 8.26. The Morgan fingerprint density at radius 1 is 1.06 bits per heavy atom. The number of para-hydroxylation sites is 1. The summed E-state index contributed by atoms with van der Waals surface area (Å²) in [5.41, 5.74) is 3.26. The molecule has 0 spiro atoms. The number of amides is 2. The van der Waals surface area contributed by atoms with E-state index in [4.69, 9.17) is 32.7 Å². The van der Waals surface area contributed by atoms with Crippen molar-refractivity contribution in [3.63, 3.8) is 0 Å². The lowest BCUT2D eigenvalue weighted by molar-refractivity contribution is -0.124. The van der Waals surface area contributed by atoms with Gasteiger partial charge in [-0.1, -0.05) is 35.3 Å². The number of halogens is 2. The first-order valence-electron chi connectivity index (χ1n) is 16.0. The van der Waals surface area contributed by atoms with Crippen LogP contribution in [0.3, 0.4) is 0 Å². The van der Waals surface area contributed by atoms with Crippen LogP contribution < -0.4 is 25.0 Å². The molecule has 2 amide bonds. The Bertz CT molecular complexity index is 1760. The lowest BCUT2D eigenvalue weighted by Gasteiger charge is -2.28. The first-order valence-corrected chi connectivity index (χ1v) is 16.7. The Hall–Kier alpha value is -4.19. The van der Waals surface area contributed by atoms with E-state index in [1.807, 2.05) is 41.0 Å². The molecule has 254 valence electrons. The van der Waals surface area contributed by atoms with Crippen LogP contribution in [0, 0.1) is 5.92 Å². The van der Waals surface area contributed by atoms with Gasteiger partial charge in [-0.05, 0) is 68.1 Å². The summed E-state index contributed by atoms with van der Waals surface area (Å²) in [6.45, 7) is 1.20. The van der Waals surface area contributed by atoms with Crippen molar-refractivity contribution in [1.29, 1.82) is 0 Å². The van der Waals surface area contributed by atoms with E-state index in [1.54, 1.807) is 39.5 Å². The van der Waals surface area contributed by atoms with Crippen LogP contribution in [0.15, 0.2) is 54.7 Å². The summed E-state index contributed by atoms with van der Waals surface area (Å²) in [6.07, 6.45) is 4.71. The fraction of sp³-hybridized carbons (Fsp3) is 0.400. The summed E-state index contributed by atoms with van der Waals surface area (Å²) in [5.74, 6) is 0.642. The van der Waals surface area contributed by atoms with Gasteiger partial charge in [-0.2, -0.15) is 4.98 Å². The fourth-order valence-electron chi connectivity index (χ4n) is 5.90. The number of ketones is 1. The number of benzene rings is 2. The van der Waals surface area contributed by atoms with Crippen LogP contribution in [0.5, 0.6) is 11.8 Å².